The Morgan fingerprint density at radius 1 is 1.26 bits per heavy atom. The maximum absolute atomic E-state index is 8.85. The van der Waals surface area contributed by atoms with Crippen LogP contribution in [-0.2, 0) is 11.8 Å². The SMILES string of the molecule is CC(C)(C)c1ccc(CC(N)CO)cc1.NC(=O)O. The van der Waals surface area contributed by atoms with Gasteiger partial charge in [-0.05, 0) is 23.0 Å². The van der Waals surface area contributed by atoms with E-state index in [0.29, 0.717) is 0 Å². The zero-order chi connectivity index (χ0) is 15.1. The highest BCUT2D eigenvalue weighted by Crippen LogP contribution is 2.22. The van der Waals surface area contributed by atoms with Gasteiger partial charge >= 0.3 is 6.09 Å². The lowest BCUT2D eigenvalue weighted by Gasteiger charge is -2.19. The van der Waals surface area contributed by atoms with Gasteiger partial charge in [-0.15, -0.1) is 0 Å². The minimum absolute atomic E-state index is 0.0427. The fourth-order valence-electron chi connectivity index (χ4n) is 1.51. The Kier molecular flexibility index (Phi) is 7.11. The van der Waals surface area contributed by atoms with Crippen LogP contribution in [-0.4, -0.2) is 29.0 Å². The molecule has 0 fully saturated rings. The Labute approximate surface area is 114 Å². The number of amides is 1. The molecule has 19 heavy (non-hydrogen) atoms. The van der Waals surface area contributed by atoms with Crippen LogP contribution in [0.3, 0.4) is 0 Å². The van der Waals surface area contributed by atoms with E-state index in [-0.39, 0.29) is 18.1 Å². The van der Waals surface area contributed by atoms with E-state index in [0.717, 1.165) is 6.42 Å². The van der Waals surface area contributed by atoms with Gasteiger partial charge in [-0.3, -0.25) is 0 Å². The standard InChI is InChI=1S/C13H21NO.CH3NO2/c1-13(2,3)11-6-4-10(5-7-11)8-12(14)9-15;2-1(3)4/h4-7,12,15H,8-9,14H2,1-3H3;2H2,(H,3,4). The van der Waals surface area contributed by atoms with Gasteiger partial charge in [0.05, 0.1) is 6.61 Å². The minimum Gasteiger partial charge on any atom is -0.465 e. The zero-order valence-electron chi connectivity index (χ0n) is 11.8. The van der Waals surface area contributed by atoms with Gasteiger partial charge in [0, 0.05) is 6.04 Å². The highest BCUT2D eigenvalue weighted by molar-refractivity contribution is 5.61. The van der Waals surface area contributed by atoms with Crippen LogP contribution in [0.25, 0.3) is 0 Å². The molecule has 1 unspecified atom stereocenters. The third-order valence-electron chi connectivity index (χ3n) is 2.55. The first-order chi connectivity index (χ1) is 8.66. The molecule has 0 saturated heterocycles. The summed E-state index contributed by atoms with van der Waals surface area (Å²) in [5.41, 5.74) is 12.4. The van der Waals surface area contributed by atoms with Gasteiger partial charge in [-0.1, -0.05) is 45.0 Å². The van der Waals surface area contributed by atoms with Crippen molar-refractivity contribution in [2.45, 2.75) is 38.6 Å². The molecule has 1 atom stereocenters. The number of carboxylic acid groups (broad SMARTS) is 1. The summed E-state index contributed by atoms with van der Waals surface area (Å²) in [5, 5.41) is 16.0. The molecule has 5 heteroatoms. The van der Waals surface area contributed by atoms with Crippen LogP contribution in [0.1, 0.15) is 31.9 Å². The van der Waals surface area contributed by atoms with E-state index in [9.17, 15) is 0 Å². The summed E-state index contributed by atoms with van der Waals surface area (Å²) < 4.78 is 0. The normalized spacial score (nSPS) is 12.3. The van der Waals surface area contributed by atoms with Crippen LogP contribution >= 0.6 is 0 Å². The van der Waals surface area contributed by atoms with E-state index < -0.39 is 6.09 Å². The fraction of sp³-hybridized carbons (Fsp3) is 0.500. The second kappa shape index (κ2) is 7.76. The molecular weight excluding hydrogens is 244 g/mol. The molecule has 0 spiro atoms. The molecule has 0 aromatic heterocycles. The number of aliphatic hydroxyl groups is 1. The highest BCUT2D eigenvalue weighted by atomic mass is 16.4. The molecule has 0 saturated carbocycles. The van der Waals surface area contributed by atoms with Crippen LogP contribution in [0.2, 0.25) is 0 Å². The van der Waals surface area contributed by atoms with Crippen molar-refractivity contribution in [2.24, 2.45) is 11.5 Å². The van der Waals surface area contributed by atoms with E-state index in [1.165, 1.54) is 11.1 Å². The van der Waals surface area contributed by atoms with Crippen LogP contribution in [0, 0.1) is 0 Å². The maximum Gasteiger partial charge on any atom is 0.402 e. The number of nitrogens with two attached hydrogens (primary N) is 2. The van der Waals surface area contributed by atoms with Crippen molar-refractivity contribution < 1.29 is 15.0 Å². The van der Waals surface area contributed by atoms with Crippen LogP contribution < -0.4 is 11.5 Å². The zero-order valence-corrected chi connectivity index (χ0v) is 11.8. The molecular formula is C14H24N2O3. The molecule has 1 aromatic carbocycles. The van der Waals surface area contributed by atoms with Gasteiger partial charge in [-0.25, -0.2) is 4.79 Å². The monoisotopic (exact) mass is 268 g/mol. The third-order valence-corrected chi connectivity index (χ3v) is 2.55. The molecule has 1 amide bonds. The summed E-state index contributed by atoms with van der Waals surface area (Å²) in [6, 6.07) is 8.32. The van der Waals surface area contributed by atoms with Crippen molar-refractivity contribution in [2.75, 3.05) is 6.61 Å². The molecule has 0 bridgehead atoms. The second-order valence-electron chi connectivity index (χ2n) is 5.43. The second-order valence-corrected chi connectivity index (χ2v) is 5.43. The summed E-state index contributed by atoms with van der Waals surface area (Å²) >= 11 is 0. The smallest absolute Gasteiger partial charge is 0.402 e. The number of aliphatic hydroxyl groups excluding tert-OH is 1. The van der Waals surface area contributed by atoms with Gasteiger partial charge < -0.3 is 21.7 Å². The number of benzene rings is 1. The van der Waals surface area contributed by atoms with Gasteiger partial charge in [0.25, 0.3) is 0 Å². The van der Waals surface area contributed by atoms with Crippen molar-refractivity contribution >= 4 is 6.09 Å². The fourth-order valence-corrected chi connectivity index (χ4v) is 1.51. The first kappa shape index (κ1) is 17.4. The topological polar surface area (TPSA) is 110 Å². The molecule has 0 radical (unpaired) electrons. The predicted octanol–water partition coefficient (Wildman–Crippen LogP) is 1.47. The molecule has 1 rings (SSSR count). The molecule has 5 nitrogen and oxygen atoms in total. The molecule has 108 valence electrons. The first-order valence-electron chi connectivity index (χ1n) is 6.11. The molecule has 6 N–H and O–H groups in total. The lowest BCUT2D eigenvalue weighted by Crippen LogP contribution is -2.26. The summed E-state index contributed by atoms with van der Waals surface area (Å²) in [6.07, 6.45) is -0.596. The minimum atomic E-state index is -1.33. The van der Waals surface area contributed by atoms with Crippen LogP contribution in [0.4, 0.5) is 4.79 Å². The molecule has 0 aliphatic heterocycles. The number of carbonyl (C=O) groups is 1. The first-order valence-corrected chi connectivity index (χ1v) is 6.11. The summed E-state index contributed by atoms with van der Waals surface area (Å²) in [6.45, 7) is 6.63. The van der Waals surface area contributed by atoms with E-state index in [4.69, 9.17) is 20.7 Å². The van der Waals surface area contributed by atoms with E-state index >= 15 is 0 Å². The van der Waals surface area contributed by atoms with E-state index in [1.54, 1.807) is 0 Å². The average Bonchev–Trinajstić information content (AvgIpc) is 2.27. The van der Waals surface area contributed by atoms with Gasteiger partial charge in [0.2, 0.25) is 0 Å². The molecule has 0 aliphatic carbocycles. The number of primary amides is 1. The Balaban J connectivity index is 0.000000711. The van der Waals surface area contributed by atoms with Crippen LogP contribution in [0.5, 0.6) is 0 Å². The van der Waals surface area contributed by atoms with Crippen molar-refractivity contribution in [1.29, 1.82) is 0 Å². The third kappa shape index (κ3) is 8.18. The van der Waals surface area contributed by atoms with Crippen LogP contribution in [0.15, 0.2) is 24.3 Å². The maximum atomic E-state index is 8.85. The summed E-state index contributed by atoms with van der Waals surface area (Å²) in [7, 11) is 0. The quantitative estimate of drug-likeness (QED) is 0.665. The largest absolute Gasteiger partial charge is 0.465 e. The number of rotatable bonds is 3. The molecule has 0 heterocycles. The van der Waals surface area contributed by atoms with Crippen molar-refractivity contribution in [3.05, 3.63) is 35.4 Å². The lowest BCUT2D eigenvalue weighted by atomic mass is 9.86. The van der Waals surface area contributed by atoms with E-state index in [1.807, 2.05) is 0 Å². The average molecular weight is 268 g/mol. The Bertz CT molecular complexity index is 379. The van der Waals surface area contributed by atoms with Crippen molar-refractivity contribution in [3.8, 4) is 0 Å². The molecule has 1 aromatic rings. The lowest BCUT2D eigenvalue weighted by molar-refractivity contribution is 0.205. The Morgan fingerprint density at radius 2 is 1.68 bits per heavy atom. The summed E-state index contributed by atoms with van der Waals surface area (Å²) in [4.78, 5) is 8.78. The number of hydrogen-bond donors (Lipinski definition) is 4. The van der Waals surface area contributed by atoms with Gasteiger partial charge in [-0.2, -0.15) is 0 Å². The van der Waals surface area contributed by atoms with Crippen molar-refractivity contribution in [1.82, 2.24) is 0 Å². The van der Waals surface area contributed by atoms with Gasteiger partial charge in [0.15, 0.2) is 0 Å². The highest BCUT2D eigenvalue weighted by Gasteiger charge is 2.13. The predicted molar refractivity (Wildman–Crippen MR) is 76.1 cm³/mol. The molecule has 0 aliphatic rings. The van der Waals surface area contributed by atoms with Crippen molar-refractivity contribution in [3.63, 3.8) is 0 Å². The Hall–Kier alpha value is -1.59. The summed E-state index contributed by atoms with van der Waals surface area (Å²) in [5.74, 6) is 0. The Morgan fingerprint density at radius 3 is 2.00 bits per heavy atom. The van der Waals surface area contributed by atoms with E-state index in [2.05, 4.69) is 50.8 Å². The van der Waals surface area contributed by atoms with Gasteiger partial charge in [0.1, 0.15) is 0 Å². The number of hydrogen-bond acceptors (Lipinski definition) is 3.